The molecule has 0 radical (unpaired) electrons. The van der Waals surface area contributed by atoms with E-state index in [0.717, 1.165) is 21.7 Å². The number of phosphoric ester groups is 3. The van der Waals surface area contributed by atoms with Gasteiger partial charge in [-0.05, 0) is 13.8 Å². The number of ether oxygens (including phenoxy) is 4. The van der Waals surface area contributed by atoms with Crippen LogP contribution in [-0.2, 0) is 59.8 Å². The Morgan fingerprint density at radius 1 is 0.556 bits per heavy atom. The van der Waals surface area contributed by atoms with Crippen molar-refractivity contribution in [2.45, 2.75) is 113 Å². The molecule has 0 amide bonds. The largest absolute Gasteiger partial charge is 0.472 e. The number of hydrogen-bond donors (Lipinski definition) is 11. The Morgan fingerprint density at radius 3 is 1.33 bits per heavy atom. The van der Waals surface area contributed by atoms with E-state index in [-0.39, 0.29) is 58.2 Å². The second kappa shape index (κ2) is 22.5. The van der Waals surface area contributed by atoms with Crippen LogP contribution in [0.15, 0.2) is 53.8 Å². The zero-order valence-corrected chi connectivity index (χ0v) is 44.6. The number of aromatic nitrogens is 12. The lowest BCUT2D eigenvalue weighted by atomic mass is 10.2. The molecule has 4 saturated heterocycles. The second-order valence-corrected chi connectivity index (χ2v) is 23.2. The molecule has 0 aliphatic carbocycles. The maximum atomic E-state index is 14.0. The Labute approximate surface area is 449 Å². The smallest absolute Gasteiger partial charge is 0.394 e. The van der Waals surface area contributed by atoms with E-state index in [1.165, 1.54) is 35.5 Å². The van der Waals surface area contributed by atoms with Gasteiger partial charge in [-0.15, -0.1) is 0 Å². The summed E-state index contributed by atoms with van der Waals surface area (Å²) in [5.41, 5.74) is 6.64. The second-order valence-electron chi connectivity index (χ2n) is 18.9. The summed E-state index contributed by atoms with van der Waals surface area (Å²) in [6.07, 6.45) is -13.3. The Bertz CT molecular complexity index is 3900. The molecule has 440 valence electrons. The lowest BCUT2D eigenvalue weighted by Crippen LogP contribution is -2.33. The summed E-state index contributed by atoms with van der Waals surface area (Å²) in [7, 11) is -15.9. The number of rotatable bonds is 20. The van der Waals surface area contributed by atoms with Gasteiger partial charge in [0.15, 0.2) is 22.3 Å². The predicted octanol–water partition coefficient (Wildman–Crippen LogP) is -2.86. The molecule has 10 heterocycles. The van der Waals surface area contributed by atoms with Gasteiger partial charge in [-0.1, -0.05) is 0 Å². The molecule has 6 aromatic rings. The van der Waals surface area contributed by atoms with Gasteiger partial charge < -0.3 is 55.3 Å². The van der Waals surface area contributed by atoms with Gasteiger partial charge in [-0.2, -0.15) is 9.97 Å². The van der Waals surface area contributed by atoms with Crippen molar-refractivity contribution >= 4 is 57.7 Å². The van der Waals surface area contributed by atoms with Crippen LogP contribution in [0.25, 0.3) is 22.3 Å². The molecule has 4 fully saturated rings. The minimum Gasteiger partial charge on any atom is -0.394 e. The molecule has 3 unspecified atom stereocenters. The lowest BCUT2D eigenvalue weighted by molar-refractivity contribution is -0.0630. The van der Waals surface area contributed by atoms with Crippen LogP contribution in [0.5, 0.6) is 0 Å². The molecule has 4 aliphatic rings. The van der Waals surface area contributed by atoms with Gasteiger partial charge in [0.05, 0.1) is 45.2 Å². The van der Waals surface area contributed by atoms with Gasteiger partial charge in [-0.25, -0.2) is 33.3 Å². The van der Waals surface area contributed by atoms with E-state index in [1.54, 1.807) is 0 Å². The number of aliphatic hydroxyl groups excluding tert-OH is 2. The van der Waals surface area contributed by atoms with E-state index in [1.807, 2.05) is 0 Å². The minimum atomic E-state index is -5.43. The highest BCUT2D eigenvalue weighted by atomic mass is 31.2. The van der Waals surface area contributed by atoms with E-state index in [0.29, 0.717) is 0 Å². The summed E-state index contributed by atoms with van der Waals surface area (Å²) in [6, 6.07) is 0. The first-order valence-electron chi connectivity index (χ1n) is 24.2. The number of H-pyrrole nitrogens is 4. The van der Waals surface area contributed by atoms with E-state index in [4.69, 9.17) is 57.6 Å². The number of phosphoric acid groups is 3. The Hall–Kier alpha value is -6.25. The molecule has 4 aliphatic heterocycles. The van der Waals surface area contributed by atoms with Crippen molar-refractivity contribution in [3.63, 3.8) is 0 Å². The van der Waals surface area contributed by atoms with Gasteiger partial charge in [0.2, 0.25) is 11.9 Å². The van der Waals surface area contributed by atoms with Crippen LogP contribution < -0.4 is 45.1 Å². The predicted molar refractivity (Wildman–Crippen MR) is 266 cm³/mol. The summed E-state index contributed by atoms with van der Waals surface area (Å²) < 4.78 is 102. The fourth-order valence-electron chi connectivity index (χ4n) is 9.46. The van der Waals surface area contributed by atoms with Gasteiger partial charge in [0.25, 0.3) is 22.2 Å². The van der Waals surface area contributed by atoms with Gasteiger partial charge in [0.1, 0.15) is 67.6 Å². The maximum absolute atomic E-state index is 14.0. The average molecular weight is 1200 g/mol. The van der Waals surface area contributed by atoms with Crippen molar-refractivity contribution in [3.8, 4) is 0 Å². The van der Waals surface area contributed by atoms with E-state index < -0.39 is 170 Å². The third-order valence-corrected chi connectivity index (χ3v) is 16.4. The van der Waals surface area contributed by atoms with Crippen LogP contribution >= 0.6 is 23.5 Å². The Morgan fingerprint density at radius 2 is 0.914 bits per heavy atom. The highest BCUT2D eigenvalue weighted by Crippen LogP contribution is 2.53. The third kappa shape index (κ3) is 12.4. The number of nitrogens with zero attached hydrogens (tertiary/aromatic N) is 8. The van der Waals surface area contributed by atoms with Gasteiger partial charge >= 0.3 is 34.8 Å². The third-order valence-electron chi connectivity index (χ3n) is 13.4. The van der Waals surface area contributed by atoms with Crippen molar-refractivity contribution in [1.82, 2.24) is 58.1 Å². The molecule has 41 heteroatoms. The van der Waals surface area contributed by atoms with E-state index in [9.17, 15) is 67.4 Å². The fraction of sp³-hybridized carbons (Fsp3) is 0.550. The first-order chi connectivity index (χ1) is 38.2. The summed E-state index contributed by atoms with van der Waals surface area (Å²) in [6.45, 7) is -0.698. The van der Waals surface area contributed by atoms with Crippen LogP contribution in [0, 0.1) is 13.8 Å². The monoisotopic (exact) mass is 1200 g/mol. The molecule has 0 spiro atoms. The number of hydrogen-bond acceptors (Lipinski definition) is 27. The van der Waals surface area contributed by atoms with Crippen LogP contribution in [0.4, 0.5) is 11.9 Å². The van der Waals surface area contributed by atoms with Crippen LogP contribution in [0.2, 0.25) is 0 Å². The first kappa shape index (κ1) is 58.0. The molecule has 13 N–H and O–H groups in total. The SMILES string of the molecule is Cc1cn([C@H]2C[C@H](OP(=O)(O)OC[C@H]3O[C@@H](n4cnc5c(=O)[nH]c(N)nc54)C[C@@H]3OP(=O)(O)OC[C@H]3O[C@@H](n4cc(C)c(=O)[nH]c4=O)C[C@@H]3OP(=O)(O)OC[C@H]3O[C@@H](n4cnc5c(=O)[nH]c(N)nc54)C[C@@H]3O)[C@@H](CO)O2)c(=O)[nH]c1=O. The number of aryl methyl sites for hydroxylation is 2. The summed E-state index contributed by atoms with van der Waals surface area (Å²) >= 11 is 0. The van der Waals surface area contributed by atoms with Gasteiger partial charge in [-0.3, -0.25) is 84.5 Å². The molecule has 15 atom stereocenters. The number of anilines is 2. The minimum absolute atomic E-state index is 0.0234. The standard InChI is InChI=1S/C40H51N14O24P3/c1-15-7-51(39(61)49-33(15)57)26-4-18(21(9-55)72-26)76-80(65,66)70-12-24-20(6-28(75-24)54-14-44-30-32(54)46-38(42)48-36(30)60)78-81(67,68)71-11-23-19(5-27(74-23)52-8-16(2)34(58)50-40(52)62)77-79(63,64)69-10-22-17(56)3-25(73-22)53-13-43-29-31(53)45-37(41)47-35(29)59/h7-8,13-14,17-28,55-56H,3-6,9-12H2,1-2H3,(H,63,64)(H,65,66)(H,67,68)(H,49,57,61)(H,50,58,62)(H3,41,45,47,59)(H3,42,46,48,60)/t17-,18-,19-,20-,21+,22+,23+,24+,25+,26+,27+,28+/m0/s1. The first-order valence-corrected chi connectivity index (χ1v) is 28.7. The molecule has 0 bridgehead atoms. The number of nitrogen functional groups attached to an aromatic ring is 2. The summed E-state index contributed by atoms with van der Waals surface area (Å²) in [5.74, 6) is -0.548. The summed E-state index contributed by atoms with van der Waals surface area (Å²) in [5, 5.41) is 20.9. The topological polar surface area (TPSA) is 534 Å². The molecular formula is C40H51N14O24P3. The average Bonchev–Trinajstić information content (AvgIpc) is 4.33. The zero-order chi connectivity index (χ0) is 58.0. The van der Waals surface area contributed by atoms with E-state index in [2.05, 4.69) is 39.9 Å². The van der Waals surface area contributed by atoms with Crippen LogP contribution in [0.1, 0.15) is 61.7 Å². The number of aliphatic hydroxyl groups is 2. The fourth-order valence-corrected chi connectivity index (χ4v) is 12.3. The van der Waals surface area contributed by atoms with Crippen LogP contribution in [-0.4, -0.2) is 158 Å². The highest BCUT2D eigenvalue weighted by Gasteiger charge is 2.48. The summed E-state index contributed by atoms with van der Waals surface area (Å²) in [4.78, 5) is 133. The Balaban J connectivity index is 0.837. The van der Waals surface area contributed by atoms with Crippen molar-refractivity contribution in [1.29, 1.82) is 0 Å². The zero-order valence-electron chi connectivity index (χ0n) is 42.0. The Kier molecular flexibility index (Phi) is 16.1. The van der Waals surface area contributed by atoms with Crippen molar-refractivity contribution in [2.75, 3.05) is 37.9 Å². The molecule has 6 aromatic heterocycles. The van der Waals surface area contributed by atoms with Crippen LogP contribution in [0.3, 0.4) is 0 Å². The number of nitrogens with two attached hydrogens (primary N) is 2. The molecular weight excluding hydrogens is 1150 g/mol. The highest BCUT2D eigenvalue weighted by molar-refractivity contribution is 7.48. The number of fused-ring (bicyclic) bond motifs is 2. The number of aromatic amines is 4. The molecule has 0 saturated carbocycles. The molecule has 0 aromatic carbocycles. The molecule has 10 rings (SSSR count). The normalized spacial score (nSPS) is 29.1. The number of imidazole rings is 2. The van der Waals surface area contributed by atoms with Crippen molar-refractivity contribution < 1.29 is 84.7 Å². The quantitative estimate of drug-likeness (QED) is 0.0343. The molecule has 38 nitrogen and oxygen atoms in total. The van der Waals surface area contributed by atoms with E-state index >= 15 is 0 Å². The maximum Gasteiger partial charge on any atom is 0.472 e. The molecule has 81 heavy (non-hydrogen) atoms. The van der Waals surface area contributed by atoms with Crippen molar-refractivity contribution in [3.05, 3.63) is 98.6 Å². The number of nitrogens with one attached hydrogen (secondary N) is 4. The lowest BCUT2D eigenvalue weighted by Gasteiger charge is -2.25. The van der Waals surface area contributed by atoms with Crippen molar-refractivity contribution in [2.24, 2.45) is 0 Å². The van der Waals surface area contributed by atoms with Gasteiger partial charge in [0, 0.05) is 49.2 Å².